The quantitative estimate of drug-likeness (QED) is 0.485. The van der Waals surface area contributed by atoms with Gasteiger partial charge < -0.3 is 0 Å². The van der Waals surface area contributed by atoms with Crippen LogP contribution in [0.25, 0.3) is 5.57 Å². The zero-order chi connectivity index (χ0) is 16.7. The van der Waals surface area contributed by atoms with Crippen LogP contribution in [0.3, 0.4) is 0 Å². The van der Waals surface area contributed by atoms with Crippen LogP contribution in [0.5, 0.6) is 0 Å². The van der Waals surface area contributed by atoms with Gasteiger partial charge in [0.15, 0.2) is 0 Å². The Balaban J connectivity index is 2.05. The first-order valence-corrected chi connectivity index (χ1v) is 9.28. The zero-order valence-corrected chi connectivity index (χ0v) is 15.0. The molecule has 0 saturated carbocycles. The topological polar surface area (TPSA) is 36.1 Å². The molecule has 0 saturated heterocycles. The fraction of sp³-hybridized carbons (Fsp3) is 0.100. The number of aliphatic imine (C=N–C) groups is 1. The van der Waals surface area contributed by atoms with E-state index in [-0.39, 0.29) is 0 Å². The number of hydrogen-bond donors (Lipinski definition) is 0. The first-order valence-electron chi connectivity index (χ1n) is 7.64. The van der Waals surface area contributed by atoms with Crippen molar-refractivity contribution in [3.05, 3.63) is 84.8 Å². The maximum absolute atomic E-state index is 9.15. The molecule has 1 heterocycles. The molecule has 0 N–H and O–H groups in total. The Labute approximate surface area is 150 Å². The van der Waals surface area contributed by atoms with Crippen LogP contribution in [0.1, 0.15) is 36.1 Å². The predicted molar refractivity (Wildman–Crippen MR) is 104 cm³/mol. The fourth-order valence-electron chi connectivity index (χ4n) is 3.04. The summed E-state index contributed by atoms with van der Waals surface area (Å²) >= 11 is 3.68. The van der Waals surface area contributed by atoms with Gasteiger partial charge in [0.2, 0.25) is 6.19 Å². The Hall–Kier alpha value is -2.22. The van der Waals surface area contributed by atoms with E-state index in [1.54, 1.807) is 0 Å². The largest absolute Gasteiger partial charge is 0.206 e. The molecule has 0 aromatic heterocycles. The van der Waals surface area contributed by atoms with Gasteiger partial charge in [-0.15, -0.1) is 0 Å². The second-order valence-electron chi connectivity index (χ2n) is 5.63. The lowest BCUT2D eigenvalue weighted by molar-refractivity contribution is 1.39. The van der Waals surface area contributed by atoms with Crippen molar-refractivity contribution >= 4 is 34.8 Å². The summed E-state index contributed by atoms with van der Waals surface area (Å²) in [4.78, 5) is 6.84. The van der Waals surface area contributed by atoms with Crippen molar-refractivity contribution < 1.29 is 0 Å². The van der Waals surface area contributed by atoms with Crippen molar-refractivity contribution in [1.82, 2.24) is 0 Å². The van der Waals surface area contributed by atoms with Gasteiger partial charge in [-0.25, -0.2) is 0 Å². The van der Waals surface area contributed by atoms with Crippen molar-refractivity contribution in [1.29, 1.82) is 5.26 Å². The number of benzene rings is 2. The molecule has 4 heteroatoms. The summed E-state index contributed by atoms with van der Waals surface area (Å²) in [6.07, 6.45) is 1.97. The first-order chi connectivity index (χ1) is 11.7. The molecule has 0 spiro atoms. The molecule has 0 fully saturated rings. The van der Waals surface area contributed by atoms with Crippen molar-refractivity contribution in [3.63, 3.8) is 0 Å². The molecule has 116 valence electrons. The zero-order valence-electron chi connectivity index (χ0n) is 13.3. The van der Waals surface area contributed by atoms with E-state index in [9.17, 15) is 0 Å². The van der Waals surface area contributed by atoms with Crippen LogP contribution in [0.4, 0.5) is 0 Å². The minimum Gasteiger partial charge on any atom is -0.172 e. The molecule has 4 rings (SSSR count). The number of thioether (sulfide) groups is 2. The second kappa shape index (κ2) is 6.01. The first kappa shape index (κ1) is 15.3. The van der Waals surface area contributed by atoms with E-state index in [1.807, 2.05) is 41.8 Å². The number of allylic oxidation sites excluding steroid dienone is 2. The second-order valence-corrected chi connectivity index (χ2v) is 8.34. The SMILES string of the molecule is CC1=C(C)SC(=C2c3ccccc3C(=NC#N)c3ccccc32)S1. The third-order valence-electron chi connectivity index (χ3n) is 4.26. The van der Waals surface area contributed by atoms with Crippen LogP contribution in [-0.2, 0) is 0 Å². The number of nitrogens with zero attached hydrogens (tertiary/aromatic N) is 2. The Kier molecular flexibility index (Phi) is 3.84. The highest BCUT2D eigenvalue weighted by Crippen LogP contribution is 2.54. The van der Waals surface area contributed by atoms with Gasteiger partial charge in [0.1, 0.15) is 0 Å². The smallest absolute Gasteiger partial charge is 0.172 e. The van der Waals surface area contributed by atoms with Gasteiger partial charge in [-0.1, -0.05) is 72.1 Å². The van der Waals surface area contributed by atoms with Crippen LogP contribution in [0.2, 0.25) is 0 Å². The molecule has 2 aromatic carbocycles. The molecule has 2 nitrogen and oxygen atoms in total. The average molecular weight is 346 g/mol. The van der Waals surface area contributed by atoms with E-state index in [0.29, 0.717) is 0 Å². The van der Waals surface area contributed by atoms with Crippen molar-refractivity contribution in [2.45, 2.75) is 13.8 Å². The van der Waals surface area contributed by atoms with Gasteiger partial charge >= 0.3 is 0 Å². The summed E-state index contributed by atoms with van der Waals surface area (Å²) in [5, 5.41) is 9.15. The van der Waals surface area contributed by atoms with Gasteiger partial charge in [0.05, 0.1) is 9.95 Å². The standard InChI is InChI=1S/C20H14N2S2/c1-12-13(2)24-20(23-12)18-14-7-3-5-9-16(14)19(22-11-21)17-10-6-4-8-15(17)18/h3-10H,1-2H3. The Bertz CT molecular complexity index is 923. The summed E-state index contributed by atoms with van der Waals surface area (Å²) in [6, 6.07) is 16.5. The predicted octanol–water partition coefficient (Wildman–Crippen LogP) is 5.77. The molecule has 1 aliphatic heterocycles. The molecule has 24 heavy (non-hydrogen) atoms. The Morgan fingerprint density at radius 1 is 0.792 bits per heavy atom. The normalized spacial score (nSPS) is 16.0. The molecule has 0 radical (unpaired) electrons. The van der Waals surface area contributed by atoms with E-state index in [0.717, 1.165) is 28.0 Å². The van der Waals surface area contributed by atoms with E-state index in [4.69, 9.17) is 5.26 Å². The number of nitriles is 1. The lowest BCUT2D eigenvalue weighted by Crippen LogP contribution is -2.15. The summed E-state index contributed by atoms with van der Waals surface area (Å²) in [7, 11) is 0. The van der Waals surface area contributed by atoms with Crippen LogP contribution in [-0.4, -0.2) is 5.71 Å². The summed E-state index contributed by atoms with van der Waals surface area (Å²) in [6.45, 7) is 4.34. The van der Waals surface area contributed by atoms with Crippen LogP contribution < -0.4 is 0 Å². The fourth-order valence-corrected chi connectivity index (χ4v) is 5.69. The van der Waals surface area contributed by atoms with E-state index in [1.165, 1.54) is 19.6 Å². The highest BCUT2D eigenvalue weighted by molar-refractivity contribution is 8.28. The minimum absolute atomic E-state index is 0.766. The maximum Gasteiger partial charge on any atom is 0.206 e. The van der Waals surface area contributed by atoms with Crippen LogP contribution in [0.15, 0.2) is 67.6 Å². The molecule has 0 atom stereocenters. The van der Waals surface area contributed by atoms with Crippen molar-refractivity contribution in [2.75, 3.05) is 0 Å². The lowest BCUT2D eigenvalue weighted by atomic mass is 9.81. The summed E-state index contributed by atoms with van der Waals surface area (Å²) < 4.78 is 1.31. The molecule has 1 aliphatic carbocycles. The van der Waals surface area contributed by atoms with Gasteiger partial charge in [0, 0.05) is 16.7 Å². The Morgan fingerprint density at radius 3 is 1.71 bits per heavy atom. The van der Waals surface area contributed by atoms with Crippen molar-refractivity contribution in [2.24, 2.45) is 4.99 Å². The van der Waals surface area contributed by atoms with Gasteiger partial charge in [-0.05, 0) is 34.8 Å². The van der Waals surface area contributed by atoms with Crippen molar-refractivity contribution in [3.8, 4) is 6.19 Å². The molecule has 2 aromatic rings. The Morgan fingerprint density at radius 2 is 1.25 bits per heavy atom. The average Bonchev–Trinajstić information content (AvgIpc) is 2.93. The van der Waals surface area contributed by atoms with E-state index >= 15 is 0 Å². The molecular formula is C20H14N2S2. The third kappa shape index (κ3) is 2.32. The molecule has 2 aliphatic rings. The number of rotatable bonds is 0. The highest BCUT2D eigenvalue weighted by atomic mass is 32.2. The lowest BCUT2D eigenvalue weighted by Gasteiger charge is -2.25. The molecule has 0 bridgehead atoms. The molecule has 0 unspecified atom stereocenters. The van der Waals surface area contributed by atoms with Gasteiger partial charge in [-0.3, -0.25) is 0 Å². The summed E-state index contributed by atoms with van der Waals surface area (Å²) in [5.74, 6) is 0. The molecule has 0 amide bonds. The monoisotopic (exact) mass is 346 g/mol. The maximum atomic E-state index is 9.15. The number of hydrogen-bond acceptors (Lipinski definition) is 4. The van der Waals surface area contributed by atoms with Crippen LogP contribution in [0, 0.1) is 11.5 Å². The molecular weight excluding hydrogens is 332 g/mol. The van der Waals surface area contributed by atoms with Gasteiger partial charge in [-0.2, -0.15) is 10.3 Å². The highest BCUT2D eigenvalue weighted by Gasteiger charge is 2.29. The van der Waals surface area contributed by atoms with Crippen LogP contribution >= 0.6 is 23.5 Å². The van der Waals surface area contributed by atoms with Gasteiger partial charge in [0.25, 0.3) is 0 Å². The minimum atomic E-state index is 0.766. The van der Waals surface area contributed by atoms with E-state index in [2.05, 4.69) is 55.2 Å². The third-order valence-corrected chi connectivity index (χ3v) is 6.89. The number of fused-ring (bicyclic) bond motifs is 2. The van der Waals surface area contributed by atoms with E-state index < -0.39 is 0 Å². The summed E-state index contributed by atoms with van der Waals surface area (Å²) in [5.41, 5.74) is 6.39.